The molecule has 0 radical (unpaired) electrons. The summed E-state index contributed by atoms with van der Waals surface area (Å²) in [6.45, 7) is 4.40. The van der Waals surface area contributed by atoms with Crippen molar-refractivity contribution in [3.8, 4) is 5.75 Å². The summed E-state index contributed by atoms with van der Waals surface area (Å²) in [7, 11) is 0. The van der Waals surface area contributed by atoms with Gasteiger partial charge in [0.2, 0.25) is 0 Å². The first kappa shape index (κ1) is 17.6. The molecule has 1 aromatic carbocycles. The van der Waals surface area contributed by atoms with Crippen LogP contribution in [0.3, 0.4) is 0 Å². The maximum absolute atomic E-state index is 9.81. The molecule has 3 rings (SSSR count). The van der Waals surface area contributed by atoms with Crippen LogP contribution in [-0.2, 0) is 20.9 Å². The van der Waals surface area contributed by atoms with Crippen LogP contribution < -0.4 is 0 Å². The Morgan fingerprint density at radius 1 is 1.12 bits per heavy atom. The van der Waals surface area contributed by atoms with Crippen molar-refractivity contribution in [2.45, 2.75) is 6.54 Å². The molecule has 0 amide bonds. The Hall–Kier alpha value is -2.71. The molecular weight excluding hydrogens is 316 g/mol. The molecular formula is C16H18N2O6. The Morgan fingerprint density at radius 2 is 1.79 bits per heavy atom. The predicted molar refractivity (Wildman–Crippen MR) is 84.8 cm³/mol. The summed E-state index contributed by atoms with van der Waals surface area (Å²) in [5.41, 5.74) is 1.89. The van der Waals surface area contributed by atoms with Crippen LogP contribution in [0.25, 0.3) is 10.9 Å². The number of carboxylic acids is 2. The summed E-state index contributed by atoms with van der Waals surface area (Å²) >= 11 is 0. The molecule has 1 fully saturated rings. The minimum absolute atomic E-state index is 0.247. The summed E-state index contributed by atoms with van der Waals surface area (Å²) in [4.78, 5) is 24.8. The Labute approximate surface area is 137 Å². The van der Waals surface area contributed by atoms with Gasteiger partial charge in [0.15, 0.2) is 0 Å². The molecule has 0 unspecified atom stereocenters. The molecule has 8 heteroatoms. The second kappa shape index (κ2) is 8.23. The molecule has 2 aromatic rings. The van der Waals surface area contributed by atoms with Crippen molar-refractivity contribution >= 4 is 22.8 Å². The van der Waals surface area contributed by atoms with E-state index in [0.717, 1.165) is 38.2 Å². The number of ether oxygens (including phenoxy) is 1. The molecule has 2 heterocycles. The SMILES string of the molecule is O=C(O)C(=O)O.Oc1ccc(CN2CCOCC2)c2cccnc12. The van der Waals surface area contributed by atoms with Crippen LogP contribution in [0.2, 0.25) is 0 Å². The van der Waals surface area contributed by atoms with Crippen LogP contribution in [0.1, 0.15) is 5.56 Å². The number of pyridine rings is 1. The van der Waals surface area contributed by atoms with Gasteiger partial charge in [0.05, 0.1) is 13.2 Å². The van der Waals surface area contributed by atoms with Crippen LogP contribution in [0, 0.1) is 0 Å². The molecule has 8 nitrogen and oxygen atoms in total. The van der Waals surface area contributed by atoms with Gasteiger partial charge in [-0.05, 0) is 17.7 Å². The molecule has 1 aliphatic rings. The van der Waals surface area contributed by atoms with E-state index < -0.39 is 11.9 Å². The van der Waals surface area contributed by atoms with Crippen LogP contribution >= 0.6 is 0 Å². The van der Waals surface area contributed by atoms with Crippen molar-refractivity contribution in [2.75, 3.05) is 26.3 Å². The second-order valence-corrected chi connectivity index (χ2v) is 5.14. The van der Waals surface area contributed by atoms with Gasteiger partial charge in [0, 0.05) is 31.2 Å². The maximum Gasteiger partial charge on any atom is 0.414 e. The van der Waals surface area contributed by atoms with Crippen molar-refractivity contribution in [1.29, 1.82) is 0 Å². The molecule has 0 atom stereocenters. The van der Waals surface area contributed by atoms with Gasteiger partial charge < -0.3 is 20.1 Å². The quantitative estimate of drug-likeness (QED) is 0.694. The number of aromatic hydroxyl groups is 1. The van der Waals surface area contributed by atoms with Crippen molar-refractivity contribution < 1.29 is 29.6 Å². The number of hydrogen-bond donors (Lipinski definition) is 3. The lowest BCUT2D eigenvalue weighted by atomic mass is 10.1. The van der Waals surface area contributed by atoms with Gasteiger partial charge in [-0.25, -0.2) is 9.59 Å². The lowest BCUT2D eigenvalue weighted by molar-refractivity contribution is -0.159. The summed E-state index contributed by atoms with van der Waals surface area (Å²) in [6.07, 6.45) is 1.71. The zero-order valence-electron chi connectivity index (χ0n) is 12.9. The number of aliphatic carboxylic acids is 2. The Bertz CT molecular complexity index is 716. The van der Waals surface area contributed by atoms with Crippen molar-refractivity contribution in [3.05, 3.63) is 36.0 Å². The first-order valence-corrected chi connectivity index (χ1v) is 7.31. The molecule has 1 aliphatic heterocycles. The fraction of sp³-hybridized carbons (Fsp3) is 0.312. The largest absolute Gasteiger partial charge is 0.506 e. The number of carbonyl (C=O) groups is 2. The number of phenolic OH excluding ortho intramolecular Hbond substituents is 1. The molecule has 0 bridgehead atoms. The third-order valence-electron chi connectivity index (χ3n) is 3.52. The monoisotopic (exact) mass is 334 g/mol. The van der Waals surface area contributed by atoms with Gasteiger partial charge in [-0.1, -0.05) is 12.1 Å². The van der Waals surface area contributed by atoms with E-state index in [1.807, 2.05) is 18.2 Å². The zero-order valence-corrected chi connectivity index (χ0v) is 12.9. The van der Waals surface area contributed by atoms with E-state index in [-0.39, 0.29) is 5.75 Å². The highest BCUT2D eigenvalue weighted by Crippen LogP contribution is 2.26. The summed E-state index contributed by atoms with van der Waals surface area (Å²) in [5, 5.41) is 25.6. The van der Waals surface area contributed by atoms with E-state index in [1.165, 1.54) is 5.56 Å². The number of benzene rings is 1. The smallest absolute Gasteiger partial charge is 0.414 e. The Morgan fingerprint density at radius 3 is 2.42 bits per heavy atom. The maximum atomic E-state index is 9.81. The molecule has 3 N–H and O–H groups in total. The van der Waals surface area contributed by atoms with Crippen LogP contribution in [0.4, 0.5) is 0 Å². The molecule has 128 valence electrons. The topological polar surface area (TPSA) is 120 Å². The number of aromatic nitrogens is 1. The predicted octanol–water partition coefficient (Wildman–Crippen LogP) is 0.928. The first-order valence-electron chi connectivity index (χ1n) is 7.31. The van der Waals surface area contributed by atoms with E-state index in [0.29, 0.717) is 5.52 Å². The summed E-state index contributed by atoms with van der Waals surface area (Å²) < 4.78 is 5.35. The Balaban J connectivity index is 0.000000301. The molecule has 0 aliphatic carbocycles. The second-order valence-electron chi connectivity index (χ2n) is 5.14. The average Bonchev–Trinajstić information content (AvgIpc) is 2.59. The van der Waals surface area contributed by atoms with Gasteiger partial charge in [0.25, 0.3) is 0 Å². The lowest BCUT2D eigenvalue weighted by Gasteiger charge is -2.27. The van der Waals surface area contributed by atoms with Gasteiger partial charge in [0.1, 0.15) is 11.3 Å². The lowest BCUT2D eigenvalue weighted by Crippen LogP contribution is -2.35. The van der Waals surface area contributed by atoms with Gasteiger partial charge >= 0.3 is 11.9 Å². The normalized spacial score (nSPS) is 14.7. The minimum atomic E-state index is -1.82. The molecule has 1 saturated heterocycles. The van der Waals surface area contributed by atoms with Gasteiger partial charge in [-0.2, -0.15) is 0 Å². The third-order valence-corrected chi connectivity index (χ3v) is 3.52. The number of carboxylic acid groups (broad SMARTS) is 2. The fourth-order valence-corrected chi connectivity index (χ4v) is 2.35. The van der Waals surface area contributed by atoms with Crippen LogP contribution in [0.5, 0.6) is 5.75 Å². The van der Waals surface area contributed by atoms with E-state index in [4.69, 9.17) is 24.5 Å². The van der Waals surface area contributed by atoms with Crippen molar-refractivity contribution in [1.82, 2.24) is 9.88 Å². The standard InChI is InChI=1S/C14H16N2O2.C2H2O4/c17-13-4-3-11(10-16-6-8-18-9-7-16)12-2-1-5-15-14(12)13;3-1(4)2(5)6/h1-5,17H,6-10H2;(H,3,4)(H,5,6). The van der Waals surface area contributed by atoms with E-state index in [1.54, 1.807) is 12.3 Å². The zero-order chi connectivity index (χ0) is 17.5. The molecule has 0 spiro atoms. The number of phenols is 1. The Kier molecular flexibility index (Phi) is 6.05. The highest BCUT2D eigenvalue weighted by atomic mass is 16.5. The number of fused-ring (bicyclic) bond motifs is 1. The fourth-order valence-electron chi connectivity index (χ4n) is 2.35. The van der Waals surface area contributed by atoms with E-state index in [2.05, 4.69) is 9.88 Å². The van der Waals surface area contributed by atoms with Crippen molar-refractivity contribution in [3.63, 3.8) is 0 Å². The van der Waals surface area contributed by atoms with E-state index in [9.17, 15) is 5.11 Å². The van der Waals surface area contributed by atoms with Crippen molar-refractivity contribution in [2.24, 2.45) is 0 Å². The van der Waals surface area contributed by atoms with Crippen LogP contribution in [-0.4, -0.2) is 63.4 Å². The van der Waals surface area contributed by atoms with Gasteiger partial charge in [-0.3, -0.25) is 9.88 Å². The molecule has 1 aromatic heterocycles. The highest BCUT2D eigenvalue weighted by Gasteiger charge is 2.13. The molecule has 0 saturated carbocycles. The number of morpholine rings is 1. The number of hydrogen-bond acceptors (Lipinski definition) is 6. The highest BCUT2D eigenvalue weighted by molar-refractivity contribution is 6.27. The first-order chi connectivity index (χ1) is 11.5. The number of rotatable bonds is 2. The van der Waals surface area contributed by atoms with Gasteiger partial charge in [-0.15, -0.1) is 0 Å². The van der Waals surface area contributed by atoms with Crippen LogP contribution in [0.15, 0.2) is 30.5 Å². The minimum Gasteiger partial charge on any atom is -0.506 e. The summed E-state index contributed by atoms with van der Waals surface area (Å²) in [5.74, 6) is -3.40. The number of nitrogens with zero attached hydrogens (tertiary/aromatic N) is 2. The summed E-state index contributed by atoms with van der Waals surface area (Å²) in [6, 6.07) is 7.63. The average molecular weight is 334 g/mol. The third kappa shape index (κ3) is 4.64. The molecule has 24 heavy (non-hydrogen) atoms. The van der Waals surface area contributed by atoms with E-state index >= 15 is 0 Å².